The Balaban J connectivity index is 2.44. The Hall–Kier alpha value is -1.65. The predicted octanol–water partition coefficient (Wildman–Crippen LogP) is 2.71. The number of halogens is 2. The number of hydrogen-bond acceptors (Lipinski definition) is 2. The first-order chi connectivity index (χ1) is 7.95. The van der Waals surface area contributed by atoms with Crippen LogP contribution in [-0.4, -0.2) is 17.7 Å². The summed E-state index contributed by atoms with van der Waals surface area (Å²) in [7, 11) is 0. The van der Waals surface area contributed by atoms with Crippen molar-refractivity contribution in [3.63, 3.8) is 0 Å². The maximum atomic E-state index is 12.2. The highest BCUT2D eigenvalue weighted by atomic mass is 19.3. The molecule has 5 heteroatoms. The van der Waals surface area contributed by atoms with Crippen LogP contribution >= 0.6 is 0 Å². The Kier molecular flexibility index (Phi) is 2.77. The number of alkyl halides is 2. The van der Waals surface area contributed by atoms with Gasteiger partial charge in [-0.3, -0.25) is 4.79 Å². The lowest BCUT2D eigenvalue weighted by Gasteiger charge is -2.16. The summed E-state index contributed by atoms with van der Waals surface area (Å²) in [4.78, 5) is 11.2. The largest absolute Gasteiger partial charge is 0.481 e. The van der Waals surface area contributed by atoms with Crippen molar-refractivity contribution < 1.29 is 23.4 Å². The smallest absolute Gasteiger partial charge is 0.387 e. The highest BCUT2D eigenvalue weighted by Crippen LogP contribution is 2.51. The van der Waals surface area contributed by atoms with Gasteiger partial charge in [0.1, 0.15) is 5.75 Å². The molecule has 0 aliphatic heterocycles. The Labute approximate surface area is 97.0 Å². The summed E-state index contributed by atoms with van der Waals surface area (Å²) in [5, 5.41) is 9.16. The Morgan fingerprint density at radius 1 is 1.47 bits per heavy atom. The van der Waals surface area contributed by atoms with Gasteiger partial charge in [-0.2, -0.15) is 8.78 Å². The lowest BCUT2D eigenvalue weighted by atomic mass is 9.93. The molecule has 1 fully saturated rings. The third kappa shape index (κ3) is 2.09. The SMILES string of the molecule is Cc1ccc(OC(F)F)c(C2(C(=O)O)CC2)c1. The van der Waals surface area contributed by atoms with Gasteiger partial charge < -0.3 is 9.84 Å². The molecule has 0 atom stereocenters. The molecular weight excluding hydrogens is 230 g/mol. The number of hydrogen-bond donors (Lipinski definition) is 1. The third-order valence-electron chi connectivity index (χ3n) is 3.03. The lowest BCUT2D eigenvalue weighted by molar-refractivity contribution is -0.140. The van der Waals surface area contributed by atoms with Crippen molar-refractivity contribution in [2.75, 3.05) is 0 Å². The Morgan fingerprint density at radius 3 is 2.59 bits per heavy atom. The van der Waals surface area contributed by atoms with Crippen LogP contribution in [0.3, 0.4) is 0 Å². The minimum atomic E-state index is -2.94. The minimum Gasteiger partial charge on any atom is -0.481 e. The number of carbonyl (C=O) groups is 1. The number of aliphatic carboxylic acids is 1. The standard InChI is InChI=1S/C12H12F2O3/c1-7-2-3-9(17-11(13)14)8(6-7)12(4-5-12)10(15)16/h2-3,6,11H,4-5H2,1H3,(H,15,16). The first-order valence-corrected chi connectivity index (χ1v) is 5.25. The molecular formula is C12H12F2O3. The number of rotatable bonds is 4. The molecule has 0 unspecified atom stereocenters. The maximum Gasteiger partial charge on any atom is 0.387 e. The zero-order valence-electron chi connectivity index (χ0n) is 9.24. The first-order valence-electron chi connectivity index (χ1n) is 5.25. The first kappa shape index (κ1) is 11.8. The molecule has 0 amide bonds. The van der Waals surface area contributed by atoms with E-state index in [0.29, 0.717) is 18.4 Å². The van der Waals surface area contributed by atoms with E-state index in [2.05, 4.69) is 4.74 Å². The van der Waals surface area contributed by atoms with Gasteiger partial charge in [-0.25, -0.2) is 0 Å². The molecule has 3 nitrogen and oxygen atoms in total. The highest BCUT2D eigenvalue weighted by molar-refractivity contribution is 5.86. The summed E-state index contributed by atoms with van der Waals surface area (Å²) in [6.45, 7) is -1.16. The summed E-state index contributed by atoms with van der Waals surface area (Å²) >= 11 is 0. The number of carboxylic acids is 1. The summed E-state index contributed by atoms with van der Waals surface area (Å²) in [6, 6.07) is 4.64. The van der Waals surface area contributed by atoms with Gasteiger partial charge in [-0.15, -0.1) is 0 Å². The van der Waals surface area contributed by atoms with Crippen molar-refractivity contribution in [2.45, 2.75) is 31.8 Å². The Bertz CT molecular complexity index is 453. The fraction of sp³-hybridized carbons (Fsp3) is 0.417. The van der Waals surface area contributed by atoms with Crippen LogP contribution in [-0.2, 0) is 10.2 Å². The zero-order valence-corrected chi connectivity index (χ0v) is 9.24. The fourth-order valence-electron chi connectivity index (χ4n) is 1.94. The molecule has 0 aromatic heterocycles. The van der Waals surface area contributed by atoms with Crippen LogP contribution in [0, 0.1) is 6.92 Å². The van der Waals surface area contributed by atoms with Crippen LogP contribution in [0.1, 0.15) is 24.0 Å². The van der Waals surface area contributed by atoms with Gasteiger partial charge in [0.25, 0.3) is 0 Å². The van der Waals surface area contributed by atoms with Gasteiger partial charge in [0.2, 0.25) is 0 Å². The van der Waals surface area contributed by atoms with Crippen LogP contribution in [0.4, 0.5) is 8.78 Å². The molecule has 0 spiro atoms. The molecule has 2 rings (SSSR count). The van der Waals surface area contributed by atoms with E-state index in [-0.39, 0.29) is 5.75 Å². The van der Waals surface area contributed by atoms with E-state index in [4.69, 9.17) is 5.11 Å². The molecule has 0 bridgehead atoms. The van der Waals surface area contributed by atoms with Crippen molar-refractivity contribution in [2.24, 2.45) is 0 Å². The summed E-state index contributed by atoms with van der Waals surface area (Å²) < 4.78 is 28.9. The molecule has 0 saturated heterocycles. The molecule has 0 radical (unpaired) electrons. The van der Waals surface area contributed by atoms with Gasteiger partial charge in [-0.1, -0.05) is 17.7 Å². The van der Waals surface area contributed by atoms with Crippen LogP contribution in [0.25, 0.3) is 0 Å². The topological polar surface area (TPSA) is 46.5 Å². The normalized spacial score (nSPS) is 16.9. The van der Waals surface area contributed by atoms with Crippen molar-refractivity contribution in [1.82, 2.24) is 0 Å². The number of benzene rings is 1. The maximum absolute atomic E-state index is 12.2. The predicted molar refractivity (Wildman–Crippen MR) is 56.4 cm³/mol. The third-order valence-corrected chi connectivity index (χ3v) is 3.03. The van der Waals surface area contributed by atoms with E-state index in [1.54, 1.807) is 19.1 Å². The van der Waals surface area contributed by atoms with Crippen LogP contribution < -0.4 is 4.74 Å². The quantitative estimate of drug-likeness (QED) is 0.883. The second-order valence-electron chi connectivity index (χ2n) is 4.27. The monoisotopic (exact) mass is 242 g/mol. The van der Waals surface area contributed by atoms with Gasteiger partial charge in [0, 0.05) is 5.56 Å². The molecule has 1 aromatic rings. The number of carboxylic acid groups (broad SMARTS) is 1. The second kappa shape index (κ2) is 3.98. The van der Waals surface area contributed by atoms with E-state index in [1.807, 2.05) is 0 Å². The van der Waals surface area contributed by atoms with E-state index < -0.39 is 18.0 Å². The van der Waals surface area contributed by atoms with E-state index >= 15 is 0 Å². The molecule has 1 N–H and O–H groups in total. The zero-order chi connectivity index (χ0) is 12.6. The van der Waals surface area contributed by atoms with Gasteiger partial charge in [0.15, 0.2) is 0 Å². The minimum absolute atomic E-state index is 0.0366. The summed E-state index contributed by atoms with van der Waals surface area (Å²) in [5.41, 5.74) is 0.149. The van der Waals surface area contributed by atoms with Crippen molar-refractivity contribution in [1.29, 1.82) is 0 Å². The van der Waals surface area contributed by atoms with Crippen molar-refractivity contribution in [3.05, 3.63) is 29.3 Å². The summed E-state index contributed by atoms with van der Waals surface area (Å²) in [5.74, 6) is -1.02. The molecule has 1 aromatic carbocycles. The van der Waals surface area contributed by atoms with Gasteiger partial charge in [0.05, 0.1) is 5.41 Å². The van der Waals surface area contributed by atoms with Gasteiger partial charge >= 0.3 is 12.6 Å². The average Bonchev–Trinajstić information content (AvgIpc) is 3.01. The summed E-state index contributed by atoms with van der Waals surface area (Å²) in [6.07, 6.45) is 0.927. The van der Waals surface area contributed by atoms with Gasteiger partial charge in [-0.05, 0) is 25.8 Å². The van der Waals surface area contributed by atoms with E-state index in [0.717, 1.165) is 5.56 Å². The number of ether oxygens (including phenoxy) is 1. The molecule has 92 valence electrons. The highest BCUT2D eigenvalue weighted by Gasteiger charge is 2.53. The molecule has 1 aliphatic rings. The van der Waals surface area contributed by atoms with Crippen LogP contribution in [0.15, 0.2) is 18.2 Å². The lowest BCUT2D eigenvalue weighted by Crippen LogP contribution is -2.21. The van der Waals surface area contributed by atoms with E-state index in [9.17, 15) is 13.6 Å². The average molecular weight is 242 g/mol. The molecule has 1 saturated carbocycles. The molecule has 17 heavy (non-hydrogen) atoms. The van der Waals surface area contributed by atoms with Crippen molar-refractivity contribution in [3.8, 4) is 5.75 Å². The van der Waals surface area contributed by atoms with Crippen LogP contribution in [0.5, 0.6) is 5.75 Å². The Morgan fingerprint density at radius 2 is 2.12 bits per heavy atom. The van der Waals surface area contributed by atoms with Crippen molar-refractivity contribution >= 4 is 5.97 Å². The number of aryl methyl sites for hydroxylation is 1. The molecule has 1 aliphatic carbocycles. The van der Waals surface area contributed by atoms with Crippen LogP contribution in [0.2, 0.25) is 0 Å². The molecule has 0 heterocycles. The van der Waals surface area contributed by atoms with E-state index in [1.165, 1.54) is 6.07 Å². The fourth-order valence-corrected chi connectivity index (χ4v) is 1.94. The second-order valence-corrected chi connectivity index (χ2v) is 4.27.